The molecule has 0 radical (unpaired) electrons. The van der Waals surface area contributed by atoms with Crippen molar-refractivity contribution >= 4 is 5.78 Å². The van der Waals surface area contributed by atoms with Crippen LogP contribution < -0.4 is 0 Å². The van der Waals surface area contributed by atoms with Gasteiger partial charge in [0.15, 0.2) is 5.78 Å². The highest BCUT2D eigenvalue weighted by molar-refractivity contribution is 6.02. The standard InChI is InChI=1S/C20H23FO/c1-14-9-10-16(18(21)13-14)15-7-5-6-8-17(15)19(22)11-12-20(2,3)4/h5-10,13H,11-12H2,1-4H3. The van der Waals surface area contributed by atoms with E-state index in [2.05, 4.69) is 20.8 Å². The molecule has 2 aromatic carbocycles. The molecule has 0 atom stereocenters. The van der Waals surface area contributed by atoms with Gasteiger partial charge in [-0.2, -0.15) is 0 Å². The molecule has 0 unspecified atom stereocenters. The average Bonchev–Trinajstić information content (AvgIpc) is 2.44. The number of ketones is 1. The fourth-order valence-corrected chi connectivity index (χ4v) is 2.42. The van der Waals surface area contributed by atoms with Crippen LogP contribution in [0.4, 0.5) is 4.39 Å². The van der Waals surface area contributed by atoms with E-state index in [0.29, 0.717) is 23.1 Å². The van der Waals surface area contributed by atoms with Crippen LogP contribution in [-0.4, -0.2) is 5.78 Å². The molecular formula is C20H23FO. The third-order valence-electron chi connectivity index (χ3n) is 3.74. The van der Waals surface area contributed by atoms with Gasteiger partial charge in [-0.05, 0) is 36.0 Å². The van der Waals surface area contributed by atoms with Crippen molar-refractivity contribution in [2.45, 2.75) is 40.5 Å². The third kappa shape index (κ3) is 4.03. The Hall–Kier alpha value is -1.96. The van der Waals surface area contributed by atoms with Crippen molar-refractivity contribution in [3.8, 4) is 11.1 Å². The van der Waals surface area contributed by atoms with Crippen LogP contribution in [0, 0.1) is 18.2 Å². The molecular weight excluding hydrogens is 275 g/mol. The monoisotopic (exact) mass is 298 g/mol. The molecule has 0 aliphatic carbocycles. The smallest absolute Gasteiger partial charge is 0.163 e. The summed E-state index contributed by atoms with van der Waals surface area (Å²) in [6.07, 6.45) is 1.30. The third-order valence-corrected chi connectivity index (χ3v) is 3.74. The zero-order chi connectivity index (χ0) is 16.3. The molecule has 0 N–H and O–H groups in total. The topological polar surface area (TPSA) is 17.1 Å². The summed E-state index contributed by atoms with van der Waals surface area (Å²) in [5.41, 5.74) is 2.76. The molecule has 0 amide bonds. The van der Waals surface area contributed by atoms with Crippen LogP contribution in [0.1, 0.15) is 49.5 Å². The van der Waals surface area contributed by atoms with Crippen molar-refractivity contribution in [1.29, 1.82) is 0 Å². The molecule has 22 heavy (non-hydrogen) atoms. The van der Waals surface area contributed by atoms with Gasteiger partial charge in [0.1, 0.15) is 5.82 Å². The Morgan fingerprint density at radius 1 is 1.05 bits per heavy atom. The van der Waals surface area contributed by atoms with Crippen LogP contribution in [0.15, 0.2) is 42.5 Å². The van der Waals surface area contributed by atoms with Crippen molar-refractivity contribution < 1.29 is 9.18 Å². The van der Waals surface area contributed by atoms with Gasteiger partial charge < -0.3 is 0 Å². The number of rotatable bonds is 4. The van der Waals surface area contributed by atoms with Crippen molar-refractivity contribution in [2.24, 2.45) is 5.41 Å². The largest absolute Gasteiger partial charge is 0.294 e. The Kier molecular flexibility index (Phi) is 4.80. The minimum atomic E-state index is -0.281. The molecule has 0 aliphatic rings. The van der Waals surface area contributed by atoms with Gasteiger partial charge in [0.05, 0.1) is 0 Å². The maximum atomic E-state index is 14.2. The van der Waals surface area contributed by atoms with Gasteiger partial charge in [-0.25, -0.2) is 4.39 Å². The molecule has 0 aliphatic heterocycles. The van der Waals surface area contributed by atoms with Crippen LogP contribution in [0.25, 0.3) is 11.1 Å². The van der Waals surface area contributed by atoms with Gasteiger partial charge in [-0.1, -0.05) is 57.2 Å². The maximum Gasteiger partial charge on any atom is 0.163 e. The summed E-state index contributed by atoms with van der Waals surface area (Å²) in [6.45, 7) is 8.21. The Balaban J connectivity index is 2.36. The van der Waals surface area contributed by atoms with E-state index >= 15 is 0 Å². The Morgan fingerprint density at radius 2 is 1.73 bits per heavy atom. The highest BCUT2D eigenvalue weighted by atomic mass is 19.1. The molecule has 2 aromatic rings. The minimum Gasteiger partial charge on any atom is -0.294 e. The van der Waals surface area contributed by atoms with Gasteiger partial charge in [-0.15, -0.1) is 0 Å². The van der Waals surface area contributed by atoms with Crippen molar-refractivity contribution in [2.75, 3.05) is 0 Å². The van der Waals surface area contributed by atoms with Crippen LogP contribution in [-0.2, 0) is 0 Å². The molecule has 0 saturated heterocycles. The van der Waals surface area contributed by atoms with E-state index in [9.17, 15) is 9.18 Å². The molecule has 2 rings (SSSR count). The minimum absolute atomic E-state index is 0.0745. The fourth-order valence-electron chi connectivity index (χ4n) is 2.42. The summed E-state index contributed by atoms with van der Waals surface area (Å²) in [7, 11) is 0. The first-order valence-corrected chi connectivity index (χ1v) is 7.67. The van der Waals surface area contributed by atoms with Crippen LogP contribution >= 0.6 is 0 Å². The normalized spacial score (nSPS) is 11.5. The Labute approximate surface area is 132 Å². The number of halogens is 1. The predicted octanol–water partition coefficient (Wildman–Crippen LogP) is 5.81. The fraction of sp³-hybridized carbons (Fsp3) is 0.350. The molecule has 0 spiro atoms. The van der Waals surface area contributed by atoms with Gasteiger partial charge in [-0.3, -0.25) is 4.79 Å². The number of aryl methyl sites for hydroxylation is 1. The molecule has 2 heteroatoms. The zero-order valence-electron chi connectivity index (χ0n) is 13.7. The summed E-state index contributed by atoms with van der Waals surface area (Å²) < 4.78 is 14.2. The molecule has 0 saturated carbocycles. The highest BCUT2D eigenvalue weighted by Crippen LogP contribution is 2.29. The summed E-state index contributed by atoms with van der Waals surface area (Å²) in [5.74, 6) is -0.207. The first-order chi connectivity index (χ1) is 10.3. The first-order valence-electron chi connectivity index (χ1n) is 7.67. The van der Waals surface area contributed by atoms with Gasteiger partial charge in [0, 0.05) is 17.5 Å². The lowest BCUT2D eigenvalue weighted by Crippen LogP contribution is -2.10. The zero-order valence-corrected chi connectivity index (χ0v) is 13.7. The number of hydrogen-bond donors (Lipinski definition) is 0. The lowest BCUT2D eigenvalue weighted by atomic mass is 9.87. The van der Waals surface area contributed by atoms with E-state index in [1.807, 2.05) is 31.2 Å². The Bertz CT molecular complexity index is 680. The molecule has 0 bridgehead atoms. The first kappa shape index (κ1) is 16.4. The maximum absolute atomic E-state index is 14.2. The molecule has 116 valence electrons. The SMILES string of the molecule is Cc1ccc(-c2ccccc2C(=O)CCC(C)(C)C)c(F)c1. The van der Waals surface area contributed by atoms with Crippen LogP contribution in [0.3, 0.4) is 0 Å². The Morgan fingerprint density at radius 3 is 2.36 bits per heavy atom. The second kappa shape index (κ2) is 6.43. The summed E-state index contributed by atoms with van der Waals surface area (Å²) in [4.78, 5) is 12.5. The number of benzene rings is 2. The second-order valence-electron chi connectivity index (χ2n) is 7.01. The van der Waals surface area contributed by atoms with Crippen molar-refractivity contribution in [3.05, 3.63) is 59.4 Å². The molecule has 0 fully saturated rings. The molecule has 1 nitrogen and oxygen atoms in total. The number of carbonyl (C=O) groups is 1. The van der Waals surface area contributed by atoms with E-state index in [0.717, 1.165) is 12.0 Å². The summed E-state index contributed by atoms with van der Waals surface area (Å²) in [5, 5.41) is 0. The van der Waals surface area contributed by atoms with Crippen molar-refractivity contribution in [1.82, 2.24) is 0 Å². The lowest BCUT2D eigenvalue weighted by molar-refractivity contribution is 0.0966. The number of carbonyl (C=O) groups excluding carboxylic acids is 1. The highest BCUT2D eigenvalue weighted by Gasteiger charge is 2.18. The van der Waals surface area contributed by atoms with E-state index < -0.39 is 0 Å². The van der Waals surface area contributed by atoms with Crippen molar-refractivity contribution in [3.63, 3.8) is 0 Å². The summed E-state index contributed by atoms with van der Waals surface area (Å²) in [6, 6.07) is 12.4. The molecule has 0 aromatic heterocycles. The predicted molar refractivity (Wildman–Crippen MR) is 89.6 cm³/mol. The molecule has 0 heterocycles. The van der Waals surface area contributed by atoms with E-state index in [1.165, 1.54) is 6.07 Å². The summed E-state index contributed by atoms with van der Waals surface area (Å²) >= 11 is 0. The van der Waals surface area contributed by atoms with E-state index in [-0.39, 0.29) is 17.0 Å². The number of Topliss-reactive ketones (excluding diaryl/α,β-unsaturated/α-hetero) is 1. The van der Waals surface area contributed by atoms with Gasteiger partial charge >= 0.3 is 0 Å². The average molecular weight is 298 g/mol. The van der Waals surface area contributed by atoms with Crippen LogP contribution in [0.5, 0.6) is 0 Å². The van der Waals surface area contributed by atoms with Crippen LogP contribution in [0.2, 0.25) is 0 Å². The van der Waals surface area contributed by atoms with E-state index in [4.69, 9.17) is 0 Å². The lowest BCUT2D eigenvalue weighted by Gasteiger charge is -2.18. The van der Waals surface area contributed by atoms with Gasteiger partial charge in [0.2, 0.25) is 0 Å². The quantitative estimate of drug-likeness (QED) is 0.651. The second-order valence-corrected chi connectivity index (χ2v) is 7.01. The van der Waals surface area contributed by atoms with Gasteiger partial charge in [0.25, 0.3) is 0 Å². The van der Waals surface area contributed by atoms with E-state index in [1.54, 1.807) is 12.1 Å². The number of hydrogen-bond acceptors (Lipinski definition) is 1.